The minimum Gasteiger partial charge on any atom is -0.352 e. The molecule has 0 fully saturated rings. The Balaban J connectivity index is 1.81. The Kier molecular flexibility index (Phi) is 6.17. The van der Waals surface area contributed by atoms with Crippen LogP contribution in [0, 0.1) is 0 Å². The molecule has 2 rings (SSSR count). The maximum Gasteiger partial charge on any atom is 0.274 e. The van der Waals surface area contributed by atoms with Crippen molar-refractivity contribution in [3.8, 4) is 0 Å². The van der Waals surface area contributed by atoms with Crippen LogP contribution >= 0.6 is 0 Å². The van der Waals surface area contributed by atoms with Crippen LogP contribution in [0.25, 0.3) is 0 Å². The number of pyridine rings is 1. The number of hydrogen-bond donors (Lipinski definition) is 1. The Morgan fingerprint density at radius 2 is 1.91 bits per heavy atom. The first-order chi connectivity index (χ1) is 11.2. The summed E-state index contributed by atoms with van der Waals surface area (Å²) >= 11 is 0. The summed E-state index contributed by atoms with van der Waals surface area (Å²) in [7, 11) is 0. The Hall–Kier alpha value is -2.83. The lowest BCUT2D eigenvalue weighted by Gasteiger charge is -2.19. The molecule has 0 aliphatic carbocycles. The first-order valence-electron chi connectivity index (χ1n) is 7.41. The zero-order valence-corrected chi connectivity index (χ0v) is 13.0. The topological polar surface area (TPSA) is 88.1 Å². The van der Waals surface area contributed by atoms with E-state index in [0.29, 0.717) is 19.6 Å². The van der Waals surface area contributed by atoms with E-state index in [1.54, 1.807) is 17.3 Å². The van der Waals surface area contributed by atoms with Crippen molar-refractivity contribution in [2.24, 2.45) is 0 Å². The summed E-state index contributed by atoms with van der Waals surface area (Å²) in [6, 6.07) is 3.69. The molecule has 0 radical (unpaired) electrons. The summed E-state index contributed by atoms with van der Waals surface area (Å²) in [6.45, 7) is 3.16. The van der Waals surface area contributed by atoms with E-state index in [0.717, 1.165) is 5.56 Å². The quantitative estimate of drug-likeness (QED) is 0.825. The van der Waals surface area contributed by atoms with Crippen molar-refractivity contribution in [3.63, 3.8) is 0 Å². The van der Waals surface area contributed by atoms with E-state index in [2.05, 4.69) is 20.3 Å². The first kappa shape index (κ1) is 16.5. The standard InChI is InChI=1S/C16H19N5O2/c1-2-21(16(23)14-12-18-8-9-19-14)10-5-15(22)20-11-13-3-6-17-7-4-13/h3-4,6-9,12H,2,5,10-11H2,1H3,(H,20,22). The summed E-state index contributed by atoms with van der Waals surface area (Å²) in [5.41, 5.74) is 1.27. The van der Waals surface area contributed by atoms with Crippen LogP contribution in [0.15, 0.2) is 43.1 Å². The van der Waals surface area contributed by atoms with Crippen molar-refractivity contribution in [2.75, 3.05) is 13.1 Å². The predicted molar refractivity (Wildman–Crippen MR) is 84.3 cm³/mol. The van der Waals surface area contributed by atoms with Crippen LogP contribution in [-0.4, -0.2) is 44.8 Å². The lowest BCUT2D eigenvalue weighted by Crippen LogP contribution is -2.35. The Morgan fingerprint density at radius 3 is 2.57 bits per heavy atom. The lowest BCUT2D eigenvalue weighted by atomic mass is 10.2. The Morgan fingerprint density at radius 1 is 1.13 bits per heavy atom. The zero-order chi connectivity index (χ0) is 16.5. The highest BCUT2D eigenvalue weighted by Gasteiger charge is 2.16. The molecule has 2 aromatic rings. The van der Waals surface area contributed by atoms with Crippen LogP contribution in [0.3, 0.4) is 0 Å². The van der Waals surface area contributed by atoms with Crippen molar-refractivity contribution in [1.29, 1.82) is 0 Å². The second-order valence-electron chi connectivity index (χ2n) is 4.86. The molecule has 0 atom stereocenters. The van der Waals surface area contributed by atoms with Gasteiger partial charge in [0, 0.05) is 50.8 Å². The SMILES string of the molecule is CCN(CCC(=O)NCc1ccncc1)C(=O)c1cnccn1. The van der Waals surface area contributed by atoms with Crippen molar-refractivity contribution in [1.82, 2.24) is 25.2 Å². The van der Waals surface area contributed by atoms with Gasteiger partial charge >= 0.3 is 0 Å². The largest absolute Gasteiger partial charge is 0.352 e. The highest BCUT2D eigenvalue weighted by atomic mass is 16.2. The molecule has 0 aliphatic heterocycles. The van der Waals surface area contributed by atoms with E-state index >= 15 is 0 Å². The molecule has 2 amide bonds. The lowest BCUT2D eigenvalue weighted by molar-refractivity contribution is -0.121. The van der Waals surface area contributed by atoms with Gasteiger partial charge in [0.05, 0.1) is 6.20 Å². The fourth-order valence-corrected chi connectivity index (χ4v) is 2.00. The molecule has 0 aliphatic rings. The van der Waals surface area contributed by atoms with E-state index in [-0.39, 0.29) is 23.9 Å². The number of hydrogen-bond acceptors (Lipinski definition) is 5. The second kappa shape index (κ2) is 8.57. The maximum absolute atomic E-state index is 12.3. The van der Waals surface area contributed by atoms with Gasteiger partial charge < -0.3 is 10.2 Å². The molecule has 0 saturated carbocycles. The third-order valence-corrected chi connectivity index (χ3v) is 3.30. The van der Waals surface area contributed by atoms with Gasteiger partial charge in [0.25, 0.3) is 5.91 Å². The summed E-state index contributed by atoms with van der Waals surface area (Å²) < 4.78 is 0. The molecule has 23 heavy (non-hydrogen) atoms. The summed E-state index contributed by atoms with van der Waals surface area (Å²) in [4.78, 5) is 37.5. The van der Waals surface area contributed by atoms with Crippen molar-refractivity contribution in [3.05, 3.63) is 54.4 Å². The minimum absolute atomic E-state index is 0.104. The molecular formula is C16H19N5O2. The minimum atomic E-state index is -0.220. The van der Waals surface area contributed by atoms with Gasteiger partial charge in [-0.3, -0.25) is 19.6 Å². The van der Waals surface area contributed by atoms with E-state index in [4.69, 9.17) is 0 Å². The number of rotatable bonds is 7. The van der Waals surface area contributed by atoms with Crippen molar-refractivity contribution >= 4 is 11.8 Å². The number of nitrogens with one attached hydrogen (secondary N) is 1. The van der Waals surface area contributed by atoms with E-state index in [1.807, 2.05) is 19.1 Å². The van der Waals surface area contributed by atoms with Crippen LogP contribution in [0.2, 0.25) is 0 Å². The molecule has 0 unspecified atom stereocenters. The van der Waals surface area contributed by atoms with Crippen LogP contribution in [0.4, 0.5) is 0 Å². The average Bonchev–Trinajstić information content (AvgIpc) is 2.62. The van der Waals surface area contributed by atoms with Crippen LogP contribution in [-0.2, 0) is 11.3 Å². The predicted octanol–water partition coefficient (Wildman–Crippen LogP) is 1.04. The highest BCUT2D eigenvalue weighted by molar-refractivity contribution is 5.92. The normalized spacial score (nSPS) is 10.1. The molecular weight excluding hydrogens is 294 g/mol. The zero-order valence-electron chi connectivity index (χ0n) is 13.0. The van der Waals surface area contributed by atoms with Gasteiger partial charge in [0.15, 0.2) is 0 Å². The smallest absolute Gasteiger partial charge is 0.274 e. The molecule has 120 valence electrons. The molecule has 2 aromatic heterocycles. The average molecular weight is 313 g/mol. The van der Waals surface area contributed by atoms with Gasteiger partial charge in [-0.1, -0.05) is 0 Å². The van der Waals surface area contributed by atoms with Gasteiger partial charge in [-0.2, -0.15) is 0 Å². The summed E-state index contributed by atoms with van der Waals surface area (Å²) in [5.74, 6) is -0.324. The number of carbonyl (C=O) groups excluding carboxylic acids is 2. The van der Waals surface area contributed by atoms with Crippen molar-refractivity contribution in [2.45, 2.75) is 19.9 Å². The molecule has 0 saturated heterocycles. The molecule has 0 bridgehead atoms. The molecule has 2 heterocycles. The van der Waals surface area contributed by atoms with Gasteiger partial charge in [0.1, 0.15) is 5.69 Å². The third kappa shape index (κ3) is 5.14. The fourth-order valence-electron chi connectivity index (χ4n) is 2.00. The summed E-state index contributed by atoms with van der Waals surface area (Å²) in [6.07, 6.45) is 8.02. The van der Waals surface area contributed by atoms with Gasteiger partial charge in [0.2, 0.25) is 5.91 Å². The third-order valence-electron chi connectivity index (χ3n) is 3.30. The van der Waals surface area contributed by atoms with Gasteiger partial charge in [-0.25, -0.2) is 4.98 Å². The van der Waals surface area contributed by atoms with Crippen molar-refractivity contribution < 1.29 is 9.59 Å². The fraction of sp³-hybridized carbons (Fsp3) is 0.312. The van der Waals surface area contributed by atoms with Crippen LogP contribution in [0.5, 0.6) is 0 Å². The Bertz CT molecular complexity index is 633. The van der Waals surface area contributed by atoms with Crippen LogP contribution in [0.1, 0.15) is 29.4 Å². The second-order valence-corrected chi connectivity index (χ2v) is 4.86. The van der Waals surface area contributed by atoms with Gasteiger partial charge in [-0.05, 0) is 24.6 Å². The summed E-state index contributed by atoms with van der Waals surface area (Å²) in [5, 5.41) is 2.82. The van der Waals surface area contributed by atoms with Gasteiger partial charge in [-0.15, -0.1) is 0 Å². The molecule has 0 spiro atoms. The molecule has 7 heteroatoms. The maximum atomic E-state index is 12.3. The molecule has 7 nitrogen and oxygen atoms in total. The monoisotopic (exact) mass is 313 g/mol. The van der Waals surface area contributed by atoms with E-state index < -0.39 is 0 Å². The molecule has 0 aromatic carbocycles. The number of nitrogens with zero attached hydrogens (tertiary/aromatic N) is 4. The van der Waals surface area contributed by atoms with Crippen LogP contribution < -0.4 is 5.32 Å². The first-order valence-corrected chi connectivity index (χ1v) is 7.41. The highest BCUT2D eigenvalue weighted by Crippen LogP contribution is 2.02. The number of carbonyl (C=O) groups is 2. The van der Waals surface area contributed by atoms with E-state index in [1.165, 1.54) is 18.6 Å². The van der Waals surface area contributed by atoms with E-state index in [9.17, 15) is 9.59 Å². The number of amides is 2. The Labute approximate surface area is 134 Å². The molecule has 1 N–H and O–H groups in total. The number of aromatic nitrogens is 3.